The second-order valence-corrected chi connectivity index (χ2v) is 9.25. The monoisotopic (exact) mass is 443 g/mol. The summed E-state index contributed by atoms with van der Waals surface area (Å²) in [6.07, 6.45) is 2.00. The van der Waals surface area contributed by atoms with Crippen molar-refractivity contribution in [2.75, 3.05) is 42.9 Å². The van der Waals surface area contributed by atoms with Crippen LogP contribution in [0.4, 0.5) is 11.4 Å². The van der Waals surface area contributed by atoms with Crippen LogP contribution in [0.25, 0.3) is 0 Å². The SMILES string of the molecule is COc1cc(OCCS(C)=O)ccc1NC(=O)C1CC2(CN1)C(=O)Nc1ccccc12. The highest BCUT2D eigenvalue weighted by Gasteiger charge is 2.52. The van der Waals surface area contributed by atoms with E-state index in [1.807, 2.05) is 24.3 Å². The van der Waals surface area contributed by atoms with Crippen molar-refractivity contribution < 1.29 is 23.3 Å². The van der Waals surface area contributed by atoms with Crippen molar-refractivity contribution in [3.8, 4) is 11.5 Å². The second kappa shape index (κ2) is 8.68. The highest BCUT2D eigenvalue weighted by Crippen LogP contribution is 2.43. The van der Waals surface area contributed by atoms with Crippen molar-refractivity contribution >= 4 is 34.0 Å². The maximum absolute atomic E-state index is 12.9. The second-order valence-electron chi connectivity index (χ2n) is 7.70. The number of hydrogen-bond acceptors (Lipinski definition) is 6. The lowest BCUT2D eigenvalue weighted by atomic mass is 9.79. The summed E-state index contributed by atoms with van der Waals surface area (Å²) in [5.41, 5.74) is 1.51. The van der Waals surface area contributed by atoms with Gasteiger partial charge in [-0.1, -0.05) is 18.2 Å². The molecule has 1 saturated heterocycles. The summed E-state index contributed by atoms with van der Waals surface area (Å²) in [6, 6.07) is 12.2. The summed E-state index contributed by atoms with van der Waals surface area (Å²) in [4.78, 5) is 25.7. The Morgan fingerprint density at radius 2 is 2.10 bits per heavy atom. The number of ether oxygens (including phenoxy) is 2. The molecule has 2 aliphatic rings. The summed E-state index contributed by atoms with van der Waals surface area (Å²) in [5, 5.41) is 9.01. The average molecular weight is 444 g/mol. The van der Waals surface area contributed by atoms with E-state index in [1.54, 1.807) is 24.5 Å². The van der Waals surface area contributed by atoms with Crippen LogP contribution in [-0.2, 0) is 25.8 Å². The van der Waals surface area contributed by atoms with Gasteiger partial charge in [0, 0.05) is 35.4 Å². The molecule has 2 amide bonds. The molecule has 4 rings (SSSR count). The Bertz CT molecular complexity index is 1040. The van der Waals surface area contributed by atoms with Crippen molar-refractivity contribution in [3.63, 3.8) is 0 Å². The Labute approximate surface area is 183 Å². The molecule has 2 aromatic carbocycles. The number of benzene rings is 2. The fraction of sp³-hybridized carbons (Fsp3) is 0.364. The zero-order chi connectivity index (χ0) is 22.0. The van der Waals surface area contributed by atoms with Crippen molar-refractivity contribution in [1.29, 1.82) is 0 Å². The van der Waals surface area contributed by atoms with E-state index < -0.39 is 22.3 Å². The van der Waals surface area contributed by atoms with Gasteiger partial charge in [-0.25, -0.2) is 0 Å². The van der Waals surface area contributed by atoms with Gasteiger partial charge in [0.05, 0.1) is 36.6 Å². The number of methoxy groups -OCH3 is 1. The molecule has 2 heterocycles. The number of anilines is 2. The summed E-state index contributed by atoms with van der Waals surface area (Å²) in [6.45, 7) is 0.728. The molecule has 1 fully saturated rings. The molecule has 31 heavy (non-hydrogen) atoms. The highest BCUT2D eigenvalue weighted by atomic mass is 32.2. The molecule has 9 heteroatoms. The molecule has 0 aliphatic carbocycles. The maximum atomic E-state index is 12.9. The molecule has 164 valence electrons. The molecule has 3 unspecified atom stereocenters. The van der Waals surface area contributed by atoms with Crippen LogP contribution in [0.2, 0.25) is 0 Å². The smallest absolute Gasteiger partial charge is 0.241 e. The van der Waals surface area contributed by atoms with Crippen LogP contribution in [-0.4, -0.2) is 54.3 Å². The van der Waals surface area contributed by atoms with E-state index in [-0.39, 0.29) is 11.8 Å². The van der Waals surface area contributed by atoms with Gasteiger partial charge < -0.3 is 25.4 Å². The maximum Gasteiger partial charge on any atom is 0.241 e. The van der Waals surface area contributed by atoms with Crippen molar-refractivity contribution in [1.82, 2.24) is 5.32 Å². The summed E-state index contributed by atoms with van der Waals surface area (Å²) in [7, 11) is 0.583. The molecular weight excluding hydrogens is 418 g/mol. The molecular formula is C22H25N3O5S. The van der Waals surface area contributed by atoms with Crippen molar-refractivity contribution in [3.05, 3.63) is 48.0 Å². The zero-order valence-electron chi connectivity index (χ0n) is 17.4. The Morgan fingerprint density at radius 3 is 2.87 bits per heavy atom. The number of hydrogen-bond donors (Lipinski definition) is 3. The number of rotatable bonds is 7. The first-order valence-corrected chi connectivity index (χ1v) is 11.7. The van der Waals surface area contributed by atoms with Crippen molar-refractivity contribution in [2.45, 2.75) is 17.9 Å². The third-order valence-corrected chi connectivity index (χ3v) is 6.46. The van der Waals surface area contributed by atoms with Gasteiger partial charge in [-0.05, 0) is 30.2 Å². The summed E-state index contributed by atoms with van der Waals surface area (Å²) >= 11 is 0. The van der Waals surface area contributed by atoms with Crippen LogP contribution in [0.1, 0.15) is 12.0 Å². The molecule has 0 radical (unpaired) electrons. The lowest BCUT2D eigenvalue weighted by molar-refractivity contribution is -0.120. The highest BCUT2D eigenvalue weighted by molar-refractivity contribution is 7.84. The number of amides is 2. The normalized spacial score (nSPS) is 22.6. The van der Waals surface area contributed by atoms with E-state index >= 15 is 0 Å². The lowest BCUT2D eigenvalue weighted by Gasteiger charge is -2.20. The van der Waals surface area contributed by atoms with Crippen LogP contribution in [0.5, 0.6) is 11.5 Å². The first-order chi connectivity index (χ1) is 14.9. The fourth-order valence-electron chi connectivity index (χ4n) is 4.09. The molecule has 2 aromatic rings. The first-order valence-electron chi connectivity index (χ1n) is 9.99. The van der Waals surface area contributed by atoms with Gasteiger partial charge in [0.15, 0.2) is 0 Å². The Kier molecular flexibility index (Phi) is 5.97. The molecule has 3 atom stereocenters. The number of fused-ring (bicyclic) bond motifs is 2. The predicted molar refractivity (Wildman–Crippen MR) is 119 cm³/mol. The number of nitrogens with one attached hydrogen (secondary N) is 3. The van der Waals surface area contributed by atoms with E-state index in [0.29, 0.717) is 42.5 Å². The Hall–Kier alpha value is -2.91. The average Bonchev–Trinajstić information content (AvgIpc) is 3.32. The minimum Gasteiger partial charge on any atom is -0.494 e. The van der Waals surface area contributed by atoms with E-state index in [4.69, 9.17) is 9.47 Å². The van der Waals surface area contributed by atoms with Crippen LogP contribution >= 0.6 is 0 Å². The van der Waals surface area contributed by atoms with Gasteiger partial charge in [-0.2, -0.15) is 0 Å². The third-order valence-electron chi connectivity index (χ3n) is 5.72. The van der Waals surface area contributed by atoms with Gasteiger partial charge in [0.1, 0.15) is 11.5 Å². The van der Waals surface area contributed by atoms with Gasteiger partial charge in [0.25, 0.3) is 0 Å². The van der Waals surface area contributed by atoms with E-state index in [2.05, 4.69) is 16.0 Å². The molecule has 0 aromatic heterocycles. The van der Waals surface area contributed by atoms with Crippen LogP contribution in [0, 0.1) is 0 Å². The molecule has 0 bridgehead atoms. The topological polar surface area (TPSA) is 106 Å². The van der Waals surface area contributed by atoms with Gasteiger partial charge in [-0.15, -0.1) is 0 Å². The number of carbonyl (C=O) groups is 2. The zero-order valence-corrected chi connectivity index (χ0v) is 18.2. The first kappa shape index (κ1) is 21.3. The lowest BCUT2D eigenvalue weighted by Crippen LogP contribution is -2.36. The quantitative estimate of drug-likeness (QED) is 0.601. The fourth-order valence-corrected chi connectivity index (χ4v) is 4.41. The Morgan fingerprint density at radius 1 is 1.29 bits per heavy atom. The van der Waals surface area contributed by atoms with Gasteiger partial charge >= 0.3 is 0 Å². The largest absolute Gasteiger partial charge is 0.494 e. The number of carbonyl (C=O) groups excluding carboxylic acids is 2. The van der Waals surface area contributed by atoms with Crippen LogP contribution < -0.4 is 25.4 Å². The third kappa shape index (κ3) is 4.15. The number of para-hydroxylation sites is 1. The predicted octanol–water partition coefficient (Wildman–Crippen LogP) is 1.64. The minimum absolute atomic E-state index is 0.0800. The molecule has 8 nitrogen and oxygen atoms in total. The van der Waals surface area contributed by atoms with Gasteiger partial charge in [-0.3, -0.25) is 13.8 Å². The van der Waals surface area contributed by atoms with E-state index in [9.17, 15) is 13.8 Å². The Balaban J connectivity index is 1.44. The molecule has 0 saturated carbocycles. The molecule has 3 N–H and O–H groups in total. The summed E-state index contributed by atoms with van der Waals surface area (Å²) in [5.74, 6) is 1.15. The molecule has 2 aliphatic heterocycles. The van der Waals surface area contributed by atoms with E-state index in [1.165, 1.54) is 7.11 Å². The minimum atomic E-state index is -0.929. The standard InChI is InChI=1S/C22H25N3O5S/c1-29-19-11-14(30-9-10-31(2)28)7-8-17(19)24-20(26)18-12-22(13-23-18)15-5-3-4-6-16(15)25-21(22)27/h3-8,11,18,23H,9-10,12-13H2,1-2H3,(H,24,26)(H,25,27). The van der Waals surface area contributed by atoms with Crippen LogP contribution in [0.15, 0.2) is 42.5 Å². The van der Waals surface area contributed by atoms with Gasteiger partial charge in [0.2, 0.25) is 11.8 Å². The van der Waals surface area contributed by atoms with Crippen molar-refractivity contribution in [2.24, 2.45) is 0 Å². The van der Waals surface area contributed by atoms with Crippen LogP contribution in [0.3, 0.4) is 0 Å². The summed E-state index contributed by atoms with van der Waals surface area (Å²) < 4.78 is 22.1. The molecule has 1 spiro atoms. The van der Waals surface area contributed by atoms with E-state index in [0.717, 1.165) is 11.3 Å².